The molecule has 0 saturated heterocycles. The van der Waals surface area contributed by atoms with Crippen LogP contribution in [0, 0.1) is 6.92 Å². The van der Waals surface area contributed by atoms with Crippen molar-refractivity contribution in [3.63, 3.8) is 0 Å². The highest BCUT2D eigenvalue weighted by Crippen LogP contribution is 2.16. The SMILES string of the molecule is Cc1cccc(CNS(=O)(=O)c2ncccc2NN)c1. The first-order valence-electron chi connectivity index (χ1n) is 6.00. The van der Waals surface area contributed by atoms with Gasteiger partial charge in [-0.2, -0.15) is 0 Å². The summed E-state index contributed by atoms with van der Waals surface area (Å²) in [5, 5.41) is -0.116. The van der Waals surface area contributed by atoms with Crippen molar-refractivity contribution in [2.24, 2.45) is 5.84 Å². The number of benzene rings is 1. The second kappa shape index (κ2) is 6.00. The van der Waals surface area contributed by atoms with E-state index in [1.165, 1.54) is 6.20 Å². The van der Waals surface area contributed by atoms with Crippen LogP contribution in [0.1, 0.15) is 11.1 Å². The van der Waals surface area contributed by atoms with E-state index in [-0.39, 0.29) is 17.3 Å². The van der Waals surface area contributed by atoms with Crippen LogP contribution in [0.5, 0.6) is 0 Å². The molecule has 0 aliphatic heterocycles. The first-order chi connectivity index (χ1) is 9.53. The smallest absolute Gasteiger partial charge is 0.260 e. The molecule has 2 rings (SSSR count). The second-order valence-corrected chi connectivity index (χ2v) is 6.00. The number of hydrogen-bond donors (Lipinski definition) is 3. The number of nitrogens with zero attached hydrogens (tertiary/aromatic N) is 1. The van der Waals surface area contributed by atoms with Crippen LogP contribution < -0.4 is 16.0 Å². The van der Waals surface area contributed by atoms with Crippen molar-refractivity contribution >= 4 is 15.7 Å². The maximum absolute atomic E-state index is 12.2. The predicted octanol–water partition coefficient (Wildman–Crippen LogP) is 1.15. The van der Waals surface area contributed by atoms with Gasteiger partial charge in [0.15, 0.2) is 5.03 Å². The van der Waals surface area contributed by atoms with E-state index in [1.807, 2.05) is 31.2 Å². The van der Waals surface area contributed by atoms with Crippen LogP contribution in [0.4, 0.5) is 5.69 Å². The maximum atomic E-state index is 12.2. The molecule has 0 atom stereocenters. The lowest BCUT2D eigenvalue weighted by molar-refractivity contribution is 0.578. The summed E-state index contributed by atoms with van der Waals surface area (Å²) in [5.74, 6) is 5.29. The number of aromatic nitrogens is 1. The molecule has 1 heterocycles. The summed E-state index contributed by atoms with van der Waals surface area (Å²) >= 11 is 0. The Kier molecular flexibility index (Phi) is 4.33. The van der Waals surface area contributed by atoms with Gasteiger partial charge in [0.2, 0.25) is 0 Å². The number of nitrogens with one attached hydrogen (secondary N) is 2. The first-order valence-corrected chi connectivity index (χ1v) is 7.48. The van der Waals surface area contributed by atoms with E-state index >= 15 is 0 Å². The van der Waals surface area contributed by atoms with Gasteiger partial charge in [0.25, 0.3) is 10.0 Å². The summed E-state index contributed by atoms with van der Waals surface area (Å²) in [4.78, 5) is 3.86. The van der Waals surface area contributed by atoms with Gasteiger partial charge >= 0.3 is 0 Å². The fraction of sp³-hybridized carbons (Fsp3) is 0.154. The summed E-state index contributed by atoms with van der Waals surface area (Å²) < 4.78 is 26.9. The standard InChI is InChI=1S/C13H16N4O2S/c1-10-4-2-5-11(8-10)9-16-20(18,19)13-12(17-14)6-3-7-15-13/h2-8,16-17H,9,14H2,1H3. The lowest BCUT2D eigenvalue weighted by atomic mass is 10.1. The molecule has 2 aromatic rings. The highest BCUT2D eigenvalue weighted by atomic mass is 32.2. The Balaban J connectivity index is 2.19. The number of rotatable bonds is 5. The number of nitrogens with two attached hydrogens (primary N) is 1. The molecule has 0 aliphatic carbocycles. The molecule has 0 bridgehead atoms. The number of hydrogen-bond acceptors (Lipinski definition) is 5. The van der Waals surface area contributed by atoms with Crippen molar-refractivity contribution in [2.45, 2.75) is 18.5 Å². The highest BCUT2D eigenvalue weighted by molar-refractivity contribution is 7.89. The van der Waals surface area contributed by atoms with E-state index < -0.39 is 10.0 Å². The number of nitrogen functional groups attached to an aromatic ring is 1. The topological polar surface area (TPSA) is 97.1 Å². The number of anilines is 1. The van der Waals surface area contributed by atoms with E-state index in [9.17, 15) is 8.42 Å². The third kappa shape index (κ3) is 3.32. The zero-order valence-corrected chi connectivity index (χ0v) is 11.8. The van der Waals surface area contributed by atoms with Crippen LogP contribution in [-0.2, 0) is 16.6 Å². The Bertz CT molecular complexity index is 701. The molecule has 0 aliphatic rings. The Morgan fingerprint density at radius 2 is 2.05 bits per heavy atom. The lowest BCUT2D eigenvalue weighted by Gasteiger charge is -2.10. The molecular weight excluding hydrogens is 276 g/mol. The normalized spacial score (nSPS) is 11.3. The monoisotopic (exact) mass is 292 g/mol. The third-order valence-corrected chi connectivity index (χ3v) is 4.09. The molecule has 0 unspecified atom stereocenters. The van der Waals surface area contributed by atoms with Crippen molar-refractivity contribution in [3.05, 3.63) is 53.7 Å². The molecule has 0 saturated carbocycles. The summed E-state index contributed by atoms with van der Waals surface area (Å²) in [6.07, 6.45) is 1.40. The van der Waals surface area contributed by atoms with Crippen LogP contribution in [-0.4, -0.2) is 13.4 Å². The fourth-order valence-electron chi connectivity index (χ4n) is 1.78. The second-order valence-electron chi connectivity index (χ2n) is 4.31. The van der Waals surface area contributed by atoms with Gasteiger partial charge in [0, 0.05) is 12.7 Å². The van der Waals surface area contributed by atoms with Gasteiger partial charge in [-0.15, -0.1) is 0 Å². The molecule has 0 radical (unpaired) electrons. The number of pyridine rings is 1. The van der Waals surface area contributed by atoms with Gasteiger partial charge in [0.05, 0.1) is 5.69 Å². The minimum absolute atomic E-state index is 0.116. The molecule has 1 aromatic carbocycles. The van der Waals surface area contributed by atoms with Crippen LogP contribution in [0.15, 0.2) is 47.6 Å². The zero-order valence-electron chi connectivity index (χ0n) is 11.0. The summed E-state index contributed by atoms with van der Waals surface area (Å²) in [5.41, 5.74) is 4.54. The van der Waals surface area contributed by atoms with Crippen molar-refractivity contribution < 1.29 is 8.42 Å². The summed E-state index contributed by atoms with van der Waals surface area (Å²) in [6, 6.07) is 10.8. The van der Waals surface area contributed by atoms with Crippen molar-refractivity contribution in [2.75, 3.05) is 5.43 Å². The van der Waals surface area contributed by atoms with Crippen molar-refractivity contribution in [3.8, 4) is 0 Å². The van der Waals surface area contributed by atoms with Crippen LogP contribution in [0.3, 0.4) is 0 Å². The van der Waals surface area contributed by atoms with E-state index in [4.69, 9.17) is 5.84 Å². The Labute approximate surface area is 118 Å². The Morgan fingerprint density at radius 1 is 1.25 bits per heavy atom. The molecule has 4 N–H and O–H groups in total. The number of hydrazine groups is 1. The van der Waals surface area contributed by atoms with Crippen LogP contribution >= 0.6 is 0 Å². The minimum atomic E-state index is -3.72. The summed E-state index contributed by atoms with van der Waals surface area (Å²) in [7, 11) is -3.72. The number of sulfonamides is 1. The fourth-order valence-corrected chi connectivity index (χ4v) is 2.89. The lowest BCUT2D eigenvalue weighted by Crippen LogP contribution is -2.26. The molecule has 1 aromatic heterocycles. The molecule has 7 heteroatoms. The van der Waals surface area contributed by atoms with Gasteiger partial charge in [-0.3, -0.25) is 5.84 Å². The van der Waals surface area contributed by atoms with Crippen LogP contribution in [0.2, 0.25) is 0 Å². The van der Waals surface area contributed by atoms with Crippen molar-refractivity contribution in [1.29, 1.82) is 0 Å². The van der Waals surface area contributed by atoms with E-state index in [0.29, 0.717) is 0 Å². The third-order valence-electron chi connectivity index (χ3n) is 2.73. The molecular formula is C13H16N4O2S. The van der Waals surface area contributed by atoms with Gasteiger partial charge in [-0.05, 0) is 24.6 Å². The molecule has 0 fully saturated rings. The van der Waals surface area contributed by atoms with Gasteiger partial charge in [-0.25, -0.2) is 18.1 Å². The quantitative estimate of drug-likeness (QED) is 0.567. The molecule has 0 amide bonds. The largest absolute Gasteiger partial charge is 0.321 e. The minimum Gasteiger partial charge on any atom is -0.321 e. The molecule has 20 heavy (non-hydrogen) atoms. The van der Waals surface area contributed by atoms with E-state index in [1.54, 1.807) is 12.1 Å². The first kappa shape index (κ1) is 14.4. The average molecular weight is 292 g/mol. The van der Waals surface area contributed by atoms with E-state index in [2.05, 4.69) is 15.1 Å². The highest BCUT2D eigenvalue weighted by Gasteiger charge is 2.19. The molecule has 0 spiro atoms. The number of aryl methyl sites for hydroxylation is 1. The zero-order chi connectivity index (χ0) is 14.6. The van der Waals surface area contributed by atoms with E-state index in [0.717, 1.165) is 11.1 Å². The maximum Gasteiger partial charge on any atom is 0.260 e. The van der Waals surface area contributed by atoms with Gasteiger partial charge in [0.1, 0.15) is 0 Å². The van der Waals surface area contributed by atoms with Crippen molar-refractivity contribution in [1.82, 2.24) is 9.71 Å². The Hall–Kier alpha value is -1.96. The average Bonchev–Trinajstić information content (AvgIpc) is 2.45. The van der Waals surface area contributed by atoms with Gasteiger partial charge in [-0.1, -0.05) is 29.8 Å². The predicted molar refractivity (Wildman–Crippen MR) is 77.3 cm³/mol. The van der Waals surface area contributed by atoms with Crippen LogP contribution in [0.25, 0.3) is 0 Å². The molecule has 106 valence electrons. The van der Waals surface area contributed by atoms with Gasteiger partial charge < -0.3 is 5.43 Å². The summed E-state index contributed by atoms with van der Waals surface area (Å²) in [6.45, 7) is 2.15. The molecule has 6 nitrogen and oxygen atoms in total. The Morgan fingerprint density at radius 3 is 2.75 bits per heavy atom.